The van der Waals surface area contributed by atoms with Gasteiger partial charge in [0.05, 0.1) is 7.11 Å². The number of aliphatic hydroxyl groups is 1. The molecule has 0 radical (unpaired) electrons. The molecule has 0 heterocycles. The van der Waals surface area contributed by atoms with Crippen LogP contribution in [0.25, 0.3) is 0 Å². The van der Waals surface area contributed by atoms with E-state index in [4.69, 9.17) is 4.74 Å². The number of para-hydroxylation sites is 1. The highest BCUT2D eigenvalue weighted by Crippen LogP contribution is 2.28. The predicted molar refractivity (Wildman–Crippen MR) is 79.5 cm³/mol. The molecule has 0 aliphatic heterocycles. The Labute approximate surface area is 117 Å². The molecule has 0 aliphatic carbocycles. The first-order valence-electron chi connectivity index (χ1n) is 7.13. The summed E-state index contributed by atoms with van der Waals surface area (Å²) in [6.45, 7) is 6.75. The minimum atomic E-state index is 0.220. The van der Waals surface area contributed by atoms with Crippen molar-refractivity contribution in [1.82, 2.24) is 5.32 Å². The summed E-state index contributed by atoms with van der Waals surface area (Å²) in [4.78, 5) is 0. The van der Waals surface area contributed by atoms with Crippen molar-refractivity contribution in [3.8, 4) is 5.75 Å². The minimum Gasteiger partial charge on any atom is -0.496 e. The SMILES string of the molecule is CCC(NC(CCO)C(C)C)c1ccccc1OC. The highest BCUT2D eigenvalue weighted by Gasteiger charge is 2.20. The lowest BCUT2D eigenvalue weighted by Gasteiger charge is -2.28. The van der Waals surface area contributed by atoms with E-state index in [0.717, 1.165) is 18.6 Å². The summed E-state index contributed by atoms with van der Waals surface area (Å²) < 4.78 is 5.44. The average molecular weight is 265 g/mol. The second-order valence-corrected chi connectivity index (χ2v) is 5.23. The summed E-state index contributed by atoms with van der Waals surface area (Å²) in [7, 11) is 1.71. The van der Waals surface area contributed by atoms with Gasteiger partial charge in [-0.1, -0.05) is 39.0 Å². The number of nitrogens with one attached hydrogen (secondary N) is 1. The molecule has 0 amide bonds. The quantitative estimate of drug-likeness (QED) is 0.758. The summed E-state index contributed by atoms with van der Waals surface area (Å²) in [5.74, 6) is 1.42. The van der Waals surface area contributed by atoms with E-state index in [0.29, 0.717) is 12.0 Å². The summed E-state index contributed by atoms with van der Waals surface area (Å²) in [5, 5.41) is 12.8. The number of ether oxygens (including phenoxy) is 1. The third kappa shape index (κ3) is 4.51. The van der Waals surface area contributed by atoms with Gasteiger partial charge in [-0.3, -0.25) is 0 Å². The molecule has 0 bridgehead atoms. The maximum atomic E-state index is 9.18. The van der Waals surface area contributed by atoms with E-state index >= 15 is 0 Å². The molecule has 0 spiro atoms. The van der Waals surface area contributed by atoms with Gasteiger partial charge in [-0.15, -0.1) is 0 Å². The molecule has 0 saturated carbocycles. The Morgan fingerprint density at radius 2 is 1.95 bits per heavy atom. The van der Waals surface area contributed by atoms with Gasteiger partial charge in [0.2, 0.25) is 0 Å². The Kier molecular flexibility index (Phi) is 6.89. The van der Waals surface area contributed by atoms with Crippen molar-refractivity contribution in [3.63, 3.8) is 0 Å². The highest BCUT2D eigenvalue weighted by molar-refractivity contribution is 5.35. The van der Waals surface area contributed by atoms with Crippen LogP contribution in [0.1, 0.15) is 45.2 Å². The Morgan fingerprint density at radius 3 is 2.47 bits per heavy atom. The van der Waals surface area contributed by atoms with Gasteiger partial charge in [-0.25, -0.2) is 0 Å². The smallest absolute Gasteiger partial charge is 0.123 e. The van der Waals surface area contributed by atoms with Gasteiger partial charge in [0, 0.05) is 24.3 Å². The molecule has 1 aromatic rings. The van der Waals surface area contributed by atoms with Gasteiger partial charge in [-0.05, 0) is 24.8 Å². The lowest BCUT2D eigenvalue weighted by atomic mass is 9.96. The van der Waals surface area contributed by atoms with Crippen LogP contribution >= 0.6 is 0 Å². The molecule has 0 aromatic heterocycles. The third-order valence-electron chi connectivity index (χ3n) is 3.58. The summed E-state index contributed by atoms with van der Waals surface area (Å²) >= 11 is 0. The molecule has 2 atom stereocenters. The van der Waals surface area contributed by atoms with Crippen LogP contribution in [-0.4, -0.2) is 24.9 Å². The number of rotatable bonds is 8. The molecule has 108 valence electrons. The van der Waals surface area contributed by atoms with Gasteiger partial charge < -0.3 is 15.2 Å². The van der Waals surface area contributed by atoms with Crippen molar-refractivity contribution in [3.05, 3.63) is 29.8 Å². The number of benzene rings is 1. The Morgan fingerprint density at radius 1 is 1.26 bits per heavy atom. The normalized spacial score (nSPS) is 14.4. The molecule has 19 heavy (non-hydrogen) atoms. The molecule has 2 unspecified atom stereocenters. The molecular weight excluding hydrogens is 238 g/mol. The number of methoxy groups -OCH3 is 1. The van der Waals surface area contributed by atoms with E-state index in [2.05, 4.69) is 32.2 Å². The summed E-state index contributed by atoms with van der Waals surface area (Å²) in [6, 6.07) is 8.71. The minimum absolute atomic E-state index is 0.220. The fraction of sp³-hybridized carbons (Fsp3) is 0.625. The van der Waals surface area contributed by atoms with Gasteiger partial charge in [0.25, 0.3) is 0 Å². The Bertz CT molecular complexity index is 366. The molecule has 0 aliphatic rings. The topological polar surface area (TPSA) is 41.5 Å². The summed E-state index contributed by atoms with van der Waals surface area (Å²) in [6.07, 6.45) is 1.78. The zero-order valence-corrected chi connectivity index (χ0v) is 12.5. The predicted octanol–water partition coefficient (Wildman–Crippen LogP) is 3.14. The third-order valence-corrected chi connectivity index (χ3v) is 3.58. The zero-order valence-electron chi connectivity index (χ0n) is 12.5. The van der Waals surface area contributed by atoms with Crippen LogP contribution in [0.3, 0.4) is 0 Å². The van der Waals surface area contributed by atoms with Gasteiger partial charge >= 0.3 is 0 Å². The monoisotopic (exact) mass is 265 g/mol. The molecule has 3 nitrogen and oxygen atoms in total. The lowest BCUT2D eigenvalue weighted by molar-refractivity contribution is 0.233. The van der Waals surface area contributed by atoms with Crippen LogP contribution in [0.4, 0.5) is 0 Å². The fourth-order valence-corrected chi connectivity index (χ4v) is 2.39. The maximum absolute atomic E-state index is 9.18. The van der Waals surface area contributed by atoms with Crippen LogP contribution in [0.2, 0.25) is 0 Å². The van der Waals surface area contributed by atoms with Crippen LogP contribution in [-0.2, 0) is 0 Å². The molecule has 2 N–H and O–H groups in total. The first-order chi connectivity index (χ1) is 9.13. The standard InChI is InChI=1S/C16H27NO2/c1-5-14(17-15(10-11-18)12(2)3)13-8-6-7-9-16(13)19-4/h6-9,12,14-15,17-18H,5,10-11H2,1-4H3. The molecule has 0 fully saturated rings. The second-order valence-electron chi connectivity index (χ2n) is 5.23. The molecule has 3 heteroatoms. The number of hydrogen-bond donors (Lipinski definition) is 2. The van der Waals surface area contributed by atoms with Crippen molar-refractivity contribution < 1.29 is 9.84 Å². The Balaban J connectivity index is 2.87. The van der Waals surface area contributed by atoms with E-state index in [1.165, 1.54) is 5.56 Å². The van der Waals surface area contributed by atoms with E-state index in [1.54, 1.807) is 7.11 Å². The lowest BCUT2D eigenvalue weighted by Crippen LogP contribution is -2.37. The van der Waals surface area contributed by atoms with Crippen LogP contribution in [0.5, 0.6) is 5.75 Å². The van der Waals surface area contributed by atoms with E-state index in [1.807, 2.05) is 18.2 Å². The Hall–Kier alpha value is -1.06. The van der Waals surface area contributed by atoms with E-state index in [-0.39, 0.29) is 12.6 Å². The zero-order chi connectivity index (χ0) is 14.3. The highest BCUT2D eigenvalue weighted by atomic mass is 16.5. The summed E-state index contributed by atoms with van der Waals surface area (Å²) in [5.41, 5.74) is 1.19. The van der Waals surface area contributed by atoms with Crippen molar-refractivity contribution in [1.29, 1.82) is 0 Å². The van der Waals surface area contributed by atoms with Crippen molar-refractivity contribution in [2.75, 3.05) is 13.7 Å². The first-order valence-corrected chi connectivity index (χ1v) is 7.13. The average Bonchev–Trinajstić information content (AvgIpc) is 2.43. The maximum Gasteiger partial charge on any atom is 0.123 e. The molecule has 0 saturated heterocycles. The molecular formula is C16H27NO2. The van der Waals surface area contributed by atoms with Gasteiger partial charge in [0.1, 0.15) is 5.75 Å². The van der Waals surface area contributed by atoms with E-state index in [9.17, 15) is 5.11 Å². The number of aliphatic hydroxyl groups excluding tert-OH is 1. The van der Waals surface area contributed by atoms with Crippen molar-refractivity contribution in [2.45, 2.75) is 45.7 Å². The van der Waals surface area contributed by atoms with Crippen molar-refractivity contribution in [2.24, 2.45) is 5.92 Å². The van der Waals surface area contributed by atoms with Crippen LogP contribution in [0, 0.1) is 5.92 Å². The van der Waals surface area contributed by atoms with Crippen LogP contribution in [0.15, 0.2) is 24.3 Å². The number of hydrogen-bond acceptors (Lipinski definition) is 3. The van der Waals surface area contributed by atoms with Crippen LogP contribution < -0.4 is 10.1 Å². The second kappa shape index (κ2) is 8.18. The largest absolute Gasteiger partial charge is 0.496 e. The fourth-order valence-electron chi connectivity index (χ4n) is 2.39. The van der Waals surface area contributed by atoms with Crippen molar-refractivity contribution >= 4 is 0 Å². The first kappa shape index (κ1) is 16.0. The van der Waals surface area contributed by atoms with E-state index < -0.39 is 0 Å². The van der Waals surface area contributed by atoms with Gasteiger partial charge in [0.15, 0.2) is 0 Å². The molecule has 1 aromatic carbocycles. The van der Waals surface area contributed by atoms with Gasteiger partial charge in [-0.2, -0.15) is 0 Å². The molecule has 1 rings (SSSR count).